The van der Waals surface area contributed by atoms with Crippen molar-refractivity contribution < 1.29 is 28.6 Å². The van der Waals surface area contributed by atoms with E-state index in [4.69, 9.17) is 16.3 Å². The summed E-state index contributed by atoms with van der Waals surface area (Å²) in [5.41, 5.74) is 2.10. The van der Waals surface area contributed by atoms with Gasteiger partial charge in [-0.1, -0.05) is 23.7 Å². The van der Waals surface area contributed by atoms with E-state index in [0.717, 1.165) is 24.5 Å². The molecule has 1 saturated heterocycles. The van der Waals surface area contributed by atoms with Gasteiger partial charge in [-0.2, -0.15) is 9.78 Å². The molecule has 202 valence electrons. The Morgan fingerprint density at radius 1 is 1.18 bits per heavy atom. The highest BCUT2D eigenvalue weighted by molar-refractivity contribution is 6.34. The van der Waals surface area contributed by atoms with E-state index in [-0.39, 0.29) is 47.7 Å². The number of amides is 1. The van der Waals surface area contributed by atoms with Gasteiger partial charge in [0.1, 0.15) is 11.5 Å². The van der Waals surface area contributed by atoms with Crippen molar-refractivity contribution in [2.24, 2.45) is 5.92 Å². The number of hydrogen-bond acceptors (Lipinski definition) is 6. The average molecular weight is 553 g/mol. The van der Waals surface area contributed by atoms with Crippen molar-refractivity contribution in [3.8, 4) is 11.3 Å². The molecule has 1 saturated carbocycles. The highest BCUT2D eigenvalue weighted by Crippen LogP contribution is 2.44. The molecule has 1 aliphatic carbocycles. The number of aromatic carboxylic acids is 1. The number of carboxylic acid groups (broad SMARTS) is 1. The maximum absolute atomic E-state index is 15.2. The molecule has 1 unspecified atom stereocenters. The van der Waals surface area contributed by atoms with Gasteiger partial charge in [-0.3, -0.25) is 9.59 Å². The second kappa shape index (κ2) is 9.77. The lowest BCUT2D eigenvalue weighted by Crippen LogP contribution is -2.57. The molecule has 1 amide bonds. The number of nitrogens with zero attached hydrogens (tertiary/aromatic N) is 3. The van der Waals surface area contributed by atoms with Crippen molar-refractivity contribution >= 4 is 35.1 Å². The number of carbonyl (C=O) groups excluding carboxylic acids is 2. The molecule has 2 aromatic carbocycles. The number of ether oxygens (including phenoxy) is 1. The number of rotatable bonds is 6. The van der Waals surface area contributed by atoms with E-state index < -0.39 is 23.6 Å². The van der Waals surface area contributed by atoms with Crippen molar-refractivity contribution in [1.29, 1.82) is 0 Å². The first kappa shape index (κ1) is 25.5. The third-order valence-electron chi connectivity index (χ3n) is 7.73. The molecule has 9 nitrogen and oxygen atoms in total. The van der Waals surface area contributed by atoms with Crippen LogP contribution < -0.4 is 5.32 Å². The molecule has 2 fully saturated rings. The molecule has 1 aromatic heterocycles. The van der Waals surface area contributed by atoms with Gasteiger partial charge < -0.3 is 20.1 Å². The van der Waals surface area contributed by atoms with Crippen LogP contribution in [0.15, 0.2) is 36.4 Å². The van der Waals surface area contributed by atoms with Crippen molar-refractivity contribution in [3.05, 3.63) is 69.6 Å². The lowest BCUT2D eigenvalue weighted by molar-refractivity contribution is -0.147. The number of hydrogen-bond donors (Lipinski definition) is 2. The van der Waals surface area contributed by atoms with E-state index >= 15 is 4.39 Å². The molecular formula is C28H26ClFN4O5. The molecule has 0 radical (unpaired) electrons. The van der Waals surface area contributed by atoms with Crippen LogP contribution in [-0.4, -0.2) is 70.4 Å². The second-order valence-electron chi connectivity index (χ2n) is 10.2. The van der Waals surface area contributed by atoms with E-state index in [1.54, 1.807) is 18.1 Å². The van der Waals surface area contributed by atoms with E-state index in [0.29, 0.717) is 35.1 Å². The van der Waals surface area contributed by atoms with E-state index in [2.05, 4.69) is 10.4 Å². The Morgan fingerprint density at radius 3 is 2.62 bits per heavy atom. The summed E-state index contributed by atoms with van der Waals surface area (Å²) in [7, 11) is 1.61. The van der Waals surface area contributed by atoms with Crippen LogP contribution in [0.1, 0.15) is 50.7 Å². The Morgan fingerprint density at radius 2 is 1.95 bits per heavy atom. The summed E-state index contributed by atoms with van der Waals surface area (Å²) < 4.78 is 21.7. The fourth-order valence-corrected chi connectivity index (χ4v) is 5.62. The van der Waals surface area contributed by atoms with E-state index in [1.165, 1.54) is 16.8 Å². The quantitative estimate of drug-likeness (QED) is 0.474. The summed E-state index contributed by atoms with van der Waals surface area (Å²) in [6.45, 7) is 1.29. The first-order chi connectivity index (χ1) is 18.8. The number of aromatic nitrogens is 2. The van der Waals surface area contributed by atoms with E-state index in [1.807, 2.05) is 12.1 Å². The van der Waals surface area contributed by atoms with E-state index in [9.17, 15) is 19.5 Å². The Kier molecular flexibility index (Phi) is 6.39. The molecule has 3 aromatic rings. The van der Waals surface area contributed by atoms with Crippen LogP contribution in [0.2, 0.25) is 5.02 Å². The van der Waals surface area contributed by atoms with Gasteiger partial charge in [-0.05, 0) is 48.6 Å². The molecule has 11 heteroatoms. The number of nitrogens with one attached hydrogen (secondary N) is 1. The predicted molar refractivity (Wildman–Crippen MR) is 141 cm³/mol. The Bertz CT molecular complexity index is 1510. The SMILES string of the molecule is COC1CN(C(=O)C2CNc3c(-c4ccc(C(=O)O)cc4F)nn(C(=O)c4c(Cl)cccc4C4CC4)c3C2)C1. The summed E-state index contributed by atoms with van der Waals surface area (Å²) in [6.07, 6.45) is 2.14. The molecule has 3 heterocycles. The monoisotopic (exact) mass is 552 g/mol. The summed E-state index contributed by atoms with van der Waals surface area (Å²) in [4.78, 5) is 40.3. The highest BCUT2D eigenvalue weighted by Gasteiger charge is 2.39. The maximum Gasteiger partial charge on any atom is 0.335 e. The fraction of sp³-hybridized carbons (Fsp3) is 0.357. The smallest absolute Gasteiger partial charge is 0.335 e. The van der Waals surface area contributed by atoms with Gasteiger partial charge in [-0.25, -0.2) is 9.18 Å². The van der Waals surface area contributed by atoms with Crippen molar-refractivity contribution in [1.82, 2.24) is 14.7 Å². The van der Waals surface area contributed by atoms with Crippen LogP contribution in [-0.2, 0) is 16.0 Å². The number of carbonyl (C=O) groups is 3. The number of fused-ring (bicyclic) bond motifs is 1. The van der Waals surface area contributed by atoms with Gasteiger partial charge in [0.05, 0.1) is 39.6 Å². The molecular weight excluding hydrogens is 527 g/mol. The lowest BCUT2D eigenvalue weighted by Gasteiger charge is -2.40. The minimum atomic E-state index is -1.25. The molecule has 6 rings (SSSR count). The number of carboxylic acids is 1. The van der Waals surface area contributed by atoms with Crippen LogP contribution in [0.5, 0.6) is 0 Å². The van der Waals surface area contributed by atoms with Crippen molar-refractivity contribution in [2.45, 2.75) is 31.3 Å². The second-order valence-corrected chi connectivity index (χ2v) is 10.7. The minimum absolute atomic E-state index is 0.0117. The van der Waals surface area contributed by atoms with Crippen molar-refractivity contribution in [3.63, 3.8) is 0 Å². The number of anilines is 1. The molecule has 2 N–H and O–H groups in total. The molecule has 0 spiro atoms. The van der Waals surface area contributed by atoms with Gasteiger partial charge in [0.15, 0.2) is 0 Å². The zero-order valence-electron chi connectivity index (χ0n) is 21.1. The van der Waals surface area contributed by atoms with Crippen LogP contribution in [0.3, 0.4) is 0 Å². The molecule has 0 bridgehead atoms. The van der Waals surface area contributed by atoms with Crippen LogP contribution in [0.25, 0.3) is 11.3 Å². The first-order valence-corrected chi connectivity index (χ1v) is 13.2. The topological polar surface area (TPSA) is 114 Å². The summed E-state index contributed by atoms with van der Waals surface area (Å²) in [5.74, 6) is -2.77. The Hall–Kier alpha value is -3.76. The normalized spacial score (nSPS) is 18.7. The lowest BCUT2D eigenvalue weighted by atomic mass is 9.93. The standard InChI is InChI=1S/C28H26ClFN4O5/c1-39-17-12-33(13-17)26(35)16-10-22-25(31-11-16)24(19-8-7-15(28(37)38)9-21(19)30)32-34(22)27(36)23-18(14-5-6-14)3-2-4-20(23)29/h2-4,7-9,14,16-17,31H,5-6,10-13H2,1H3,(H,37,38). The van der Waals surface area contributed by atoms with Gasteiger partial charge in [0, 0.05) is 38.7 Å². The molecule has 1 atom stereocenters. The third kappa shape index (κ3) is 4.47. The van der Waals surface area contributed by atoms with Crippen molar-refractivity contribution in [2.75, 3.05) is 32.1 Å². The number of methoxy groups -OCH3 is 1. The zero-order chi connectivity index (χ0) is 27.4. The number of halogens is 2. The molecule has 3 aliphatic rings. The third-order valence-corrected chi connectivity index (χ3v) is 8.04. The largest absolute Gasteiger partial charge is 0.478 e. The number of benzene rings is 2. The Labute approximate surface area is 228 Å². The number of likely N-dealkylation sites (tertiary alicyclic amines) is 1. The minimum Gasteiger partial charge on any atom is -0.478 e. The zero-order valence-corrected chi connectivity index (χ0v) is 21.9. The highest BCUT2D eigenvalue weighted by atomic mass is 35.5. The Balaban J connectivity index is 1.43. The van der Waals surface area contributed by atoms with Crippen LogP contribution in [0, 0.1) is 11.7 Å². The maximum atomic E-state index is 15.2. The predicted octanol–water partition coefficient (Wildman–Crippen LogP) is 4.05. The van der Waals surface area contributed by atoms with Gasteiger partial charge >= 0.3 is 5.97 Å². The summed E-state index contributed by atoms with van der Waals surface area (Å²) in [5, 5.41) is 17.3. The fourth-order valence-electron chi connectivity index (χ4n) is 5.36. The van der Waals surface area contributed by atoms with Gasteiger partial charge in [0.25, 0.3) is 5.91 Å². The van der Waals surface area contributed by atoms with Gasteiger partial charge in [-0.15, -0.1) is 0 Å². The van der Waals surface area contributed by atoms with Crippen LogP contribution >= 0.6 is 11.6 Å². The van der Waals surface area contributed by atoms with Crippen LogP contribution in [0.4, 0.5) is 10.1 Å². The molecule has 2 aliphatic heterocycles. The van der Waals surface area contributed by atoms with Gasteiger partial charge in [0.2, 0.25) is 5.91 Å². The molecule has 39 heavy (non-hydrogen) atoms. The summed E-state index contributed by atoms with van der Waals surface area (Å²) in [6, 6.07) is 8.91. The summed E-state index contributed by atoms with van der Waals surface area (Å²) >= 11 is 6.53. The average Bonchev–Trinajstić information content (AvgIpc) is 3.68. The first-order valence-electron chi connectivity index (χ1n) is 12.8.